The Morgan fingerprint density at radius 1 is 1.26 bits per heavy atom. The van der Waals surface area contributed by atoms with Gasteiger partial charge in [0, 0.05) is 16.8 Å². The van der Waals surface area contributed by atoms with E-state index in [0.717, 1.165) is 23.0 Å². The third kappa shape index (κ3) is 3.04. The van der Waals surface area contributed by atoms with Crippen molar-refractivity contribution in [2.75, 3.05) is 11.1 Å². The molecule has 1 atom stereocenters. The van der Waals surface area contributed by atoms with E-state index in [9.17, 15) is 4.79 Å². The molecule has 1 heterocycles. The van der Waals surface area contributed by atoms with Crippen molar-refractivity contribution in [3.05, 3.63) is 54.2 Å². The molecule has 23 heavy (non-hydrogen) atoms. The van der Waals surface area contributed by atoms with Crippen molar-refractivity contribution in [3.63, 3.8) is 0 Å². The van der Waals surface area contributed by atoms with Gasteiger partial charge in [0.1, 0.15) is 6.04 Å². The smallest absolute Gasteiger partial charge is 0.248 e. The maximum absolute atomic E-state index is 12.5. The maximum atomic E-state index is 12.5. The summed E-state index contributed by atoms with van der Waals surface area (Å²) in [7, 11) is 0. The fourth-order valence-corrected chi connectivity index (χ4v) is 2.55. The number of nitrogens with one attached hydrogen (secondary N) is 1. The van der Waals surface area contributed by atoms with Crippen molar-refractivity contribution < 1.29 is 4.79 Å². The second kappa shape index (κ2) is 6.12. The van der Waals surface area contributed by atoms with Gasteiger partial charge in [0.05, 0.1) is 11.7 Å². The minimum Gasteiger partial charge on any atom is -0.399 e. The van der Waals surface area contributed by atoms with E-state index < -0.39 is 6.04 Å². The Hall–Kier alpha value is -2.82. The molecular formula is C18H20N4O. The first-order valence-corrected chi connectivity index (χ1v) is 7.71. The molecule has 0 bridgehead atoms. The van der Waals surface area contributed by atoms with Crippen LogP contribution in [0, 0.1) is 0 Å². The Morgan fingerprint density at radius 3 is 2.70 bits per heavy atom. The second-order valence-corrected chi connectivity index (χ2v) is 5.62. The Balaban J connectivity index is 1.81. The van der Waals surface area contributed by atoms with Gasteiger partial charge >= 0.3 is 0 Å². The fourth-order valence-electron chi connectivity index (χ4n) is 2.55. The average molecular weight is 308 g/mol. The zero-order chi connectivity index (χ0) is 16.4. The summed E-state index contributed by atoms with van der Waals surface area (Å²) < 4.78 is 1.70. The number of hydrogen-bond donors (Lipinski definition) is 2. The molecule has 0 fully saturated rings. The number of hydrogen-bond acceptors (Lipinski definition) is 3. The van der Waals surface area contributed by atoms with Gasteiger partial charge in [0.15, 0.2) is 0 Å². The molecule has 5 nitrogen and oxygen atoms in total. The molecule has 1 unspecified atom stereocenters. The molecule has 0 aliphatic heterocycles. The lowest BCUT2D eigenvalue weighted by atomic mass is 10.1. The van der Waals surface area contributed by atoms with Crippen LogP contribution < -0.4 is 11.1 Å². The first-order chi connectivity index (χ1) is 11.1. The highest BCUT2D eigenvalue weighted by atomic mass is 16.2. The van der Waals surface area contributed by atoms with Crippen molar-refractivity contribution in [1.29, 1.82) is 0 Å². The van der Waals surface area contributed by atoms with E-state index >= 15 is 0 Å². The largest absolute Gasteiger partial charge is 0.399 e. The van der Waals surface area contributed by atoms with Crippen LogP contribution in [-0.2, 0) is 11.2 Å². The summed E-state index contributed by atoms with van der Waals surface area (Å²) in [5.41, 5.74) is 9.38. The van der Waals surface area contributed by atoms with E-state index in [2.05, 4.69) is 17.3 Å². The Bertz CT molecular complexity index is 836. The van der Waals surface area contributed by atoms with Crippen molar-refractivity contribution in [1.82, 2.24) is 9.78 Å². The van der Waals surface area contributed by atoms with Gasteiger partial charge in [0.2, 0.25) is 5.91 Å². The van der Waals surface area contributed by atoms with Crippen molar-refractivity contribution in [2.45, 2.75) is 26.3 Å². The van der Waals surface area contributed by atoms with Crippen LogP contribution in [0.2, 0.25) is 0 Å². The molecule has 0 saturated heterocycles. The number of nitrogens with zero attached hydrogens (tertiary/aromatic N) is 2. The van der Waals surface area contributed by atoms with Gasteiger partial charge in [-0.25, -0.2) is 0 Å². The van der Waals surface area contributed by atoms with Crippen molar-refractivity contribution in [3.8, 4) is 0 Å². The van der Waals surface area contributed by atoms with Crippen LogP contribution in [-0.4, -0.2) is 15.7 Å². The number of rotatable bonds is 4. The molecule has 2 aromatic carbocycles. The van der Waals surface area contributed by atoms with Crippen molar-refractivity contribution in [2.24, 2.45) is 0 Å². The lowest BCUT2D eigenvalue weighted by molar-refractivity contribution is -0.118. The van der Waals surface area contributed by atoms with Crippen LogP contribution in [0.25, 0.3) is 10.9 Å². The first kappa shape index (κ1) is 15.1. The van der Waals surface area contributed by atoms with E-state index in [1.54, 1.807) is 10.9 Å². The number of benzene rings is 2. The molecule has 5 heteroatoms. The molecule has 1 aromatic heterocycles. The third-order valence-corrected chi connectivity index (χ3v) is 4.00. The number of amides is 1. The Kier molecular flexibility index (Phi) is 4.02. The number of nitrogens with two attached hydrogens (primary N) is 1. The summed E-state index contributed by atoms with van der Waals surface area (Å²) in [6, 6.07) is 13.0. The number of anilines is 2. The number of aromatic nitrogens is 2. The monoisotopic (exact) mass is 308 g/mol. The molecule has 0 aliphatic carbocycles. The third-order valence-electron chi connectivity index (χ3n) is 4.00. The second-order valence-electron chi connectivity index (χ2n) is 5.62. The maximum Gasteiger partial charge on any atom is 0.248 e. The van der Waals surface area contributed by atoms with Crippen LogP contribution in [0.1, 0.15) is 25.5 Å². The summed E-state index contributed by atoms with van der Waals surface area (Å²) in [5.74, 6) is -0.110. The highest BCUT2D eigenvalue weighted by molar-refractivity contribution is 5.94. The number of fused-ring (bicyclic) bond motifs is 1. The average Bonchev–Trinajstić information content (AvgIpc) is 2.97. The minimum absolute atomic E-state index is 0.110. The number of carbonyl (C=O) groups is 1. The Labute approximate surface area is 135 Å². The van der Waals surface area contributed by atoms with Crippen LogP contribution in [0.15, 0.2) is 48.7 Å². The number of carbonyl (C=O) groups excluding carboxylic acids is 1. The highest BCUT2D eigenvalue weighted by Crippen LogP contribution is 2.21. The lowest BCUT2D eigenvalue weighted by Crippen LogP contribution is -2.24. The van der Waals surface area contributed by atoms with E-state index in [4.69, 9.17) is 5.73 Å². The van der Waals surface area contributed by atoms with Crippen LogP contribution in [0.3, 0.4) is 0 Å². The van der Waals surface area contributed by atoms with Gasteiger partial charge < -0.3 is 11.1 Å². The molecule has 0 saturated carbocycles. The molecule has 0 aliphatic rings. The van der Waals surface area contributed by atoms with Gasteiger partial charge in [-0.3, -0.25) is 9.48 Å². The van der Waals surface area contributed by atoms with E-state index in [0.29, 0.717) is 5.69 Å². The fraction of sp³-hybridized carbons (Fsp3) is 0.222. The zero-order valence-electron chi connectivity index (χ0n) is 13.3. The summed E-state index contributed by atoms with van der Waals surface area (Å²) in [5, 5.41) is 8.22. The molecule has 0 radical (unpaired) electrons. The van der Waals surface area contributed by atoms with Gasteiger partial charge in [-0.2, -0.15) is 5.10 Å². The normalized spacial score (nSPS) is 12.3. The lowest BCUT2D eigenvalue weighted by Gasteiger charge is -2.14. The molecule has 3 N–H and O–H groups in total. The van der Waals surface area contributed by atoms with Gasteiger partial charge in [0.25, 0.3) is 0 Å². The molecule has 3 aromatic rings. The topological polar surface area (TPSA) is 72.9 Å². The van der Waals surface area contributed by atoms with Gasteiger partial charge in [-0.15, -0.1) is 0 Å². The van der Waals surface area contributed by atoms with Gasteiger partial charge in [-0.1, -0.05) is 19.1 Å². The quantitative estimate of drug-likeness (QED) is 0.726. The van der Waals surface area contributed by atoms with Crippen LogP contribution in [0.4, 0.5) is 11.4 Å². The molecule has 1 amide bonds. The SMILES string of the molecule is CCc1ccc(NC(=O)C(C)n2ncc3ccc(N)cc32)cc1. The molecular weight excluding hydrogens is 288 g/mol. The summed E-state index contributed by atoms with van der Waals surface area (Å²) in [6.07, 6.45) is 2.72. The minimum atomic E-state index is -0.430. The van der Waals surface area contributed by atoms with Crippen LogP contribution >= 0.6 is 0 Å². The predicted molar refractivity (Wildman–Crippen MR) is 93.3 cm³/mol. The zero-order valence-corrected chi connectivity index (χ0v) is 13.3. The first-order valence-electron chi connectivity index (χ1n) is 7.71. The predicted octanol–water partition coefficient (Wildman–Crippen LogP) is 3.38. The number of nitrogen functional groups attached to an aromatic ring is 1. The standard InChI is InChI=1S/C18H20N4O/c1-3-13-4-8-16(9-5-13)21-18(23)12(2)22-17-10-15(19)7-6-14(17)11-20-22/h4-12H,3,19H2,1-2H3,(H,21,23). The summed E-state index contributed by atoms with van der Waals surface area (Å²) >= 11 is 0. The van der Waals surface area contributed by atoms with Crippen LogP contribution in [0.5, 0.6) is 0 Å². The highest BCUT2D eigenvalue weighted by Gasteiger charge is 2.18. The van der Waals surface area contributed by atoms with E-state index in [1.807, 2.05) is 49.4 Å². The van der Waals surface area contributed by atoms with Gasteiger partial charge in [-0.05, 0) is 49.2 Å². The van der Waals surface area contributed by atoms with E-state index in [1.165, 1.54) is 5.56 Å². The van der Waals surface area contributed by atoms with E-state index in [-0.39, 0.29) is 5.91 Å². The van der Waals surface area contributed by atoms with Crippen molar-refractivity contribution >= 4 is 28.2 Å². The molecule has 0 spiro atoms. The number of aryl methyl sites for hydroxylation is 1. The Morgan fingerprint density at radius 2 is 2.00 bits per heavy atom. The summed E-state index contributed by atoms with van der Waals surface area (Å²) in [6.45, 7) is 3.93. The molecule has 118 valence electrons. The molecule has 3 rings (SSSR count). The summed E-state index contributed by atoms with van der Waals surface area (Å²) in [4.78, 5) is 12.5.